The predicted octanol–water partition coefficient (Wildman–Crippen LogP) is 3.47. The van der Waals surface area contributed by atoms with Gasteiger partial charge in [-0.15, -0.1) is 0 Å². The molecule has 1 aromatic rings. The van der Waals surface area contributed by atoms with Crippen molar-refractivity contribution in [3.63, 3.8) is 0 Å². The van der Waals surface area contributed by atoms with Crippen molar-refractivity contribution in [1.82, 2.24) is 5.32 Å². The van der Waals surface area contributed by atoms with Gasteiger partial charge in [0.1, 0.15) is 0 Å². The van der Waals surface area contributed by atoms with Gasteiger partial charge in [0.25, 0.3) is 0 Å². The fourth-order valence-corrected chi connectivity index (χ4v) is 1.69. The number of aryl methyl sites for hydroxylation is 1. The van der Waals surface area contributed by atoms with Crippen LogP contribution < -0.4 is 10.6 Å². The second kappa shape index (κ2) is 6.23. The molecule has 0 unspecified atom stereocenters. The Bertz CT molecular complexity index is 430. The molecule has 0 heterocycles. The fraction of sp³-hybridized carbons (Fsp3) is 0.500. The average molecular weight is 313 g/mol. The van der Waals surface area contributed by atoms with Gasteiger partial charge in [-0.2, -0.15) is 0 Å². The van der Waals surface area contributed by atoms with Gasteiger partial charge in [-0.3, -0.25) is 4.79 Å². The SMILES string of the molecule is CCC(C)(C)NC(=O)CNc1ccc(Br)c(C)c1. The summed E-state index contributed by atoms with van der Waals surface area (Å²) in [5.74, 6) is 0.0161. The van der Waals surface area contributed by atoms with Crippen LogP contribution in [-0.2, 0) is 4.79 Å². The first-order chi connectivity index (χ1) is 8.34. The van der Waals surface area contributed by atoms with E-state index >= 15 is 0 Å². The van der Waals surface area contributed by atoms with E-state index in [-0.39, 0.29) is 11.4 Å². The Kier molecular flexibility index (Phi) is 5.20. The van der Waals surface area contributed by atoms with E-state index in [1.165, 1.54) is 0 Å². The number of halogens is 1. The summed E-state index contributed by atoms with van der Waals surface area (Å²) in [7, 11) is 0. The second-order valence-corrected chi connectivity index (χ2v) is 5.96. The van der Waals surface area contributed by atoms with Crippen LogP contribution in [0.2, 0.25) is 0 Å². The number of carbonyl (C=O) groups is 1. The monoisotopic (exact) mass is 312 g/mol. The summed E-state index contributed by atoms with van der Waals surface area (Å²) in [6.45, 7) is 8.43. The van der Waals surface area contributed by atoms with Crippen molar-refractivity contribution in [2.45, 2.75) is 39.7 Å². The van der Waals surface area contributed by atoms with Crippen molar-refractivity contribution in [3.05, 3.63) is 28.2 Å². The van der Waals surface area contributed by atoms with Crippen LogP contribution in [0.4, 0.5) is 5.69 Å². The summed E-state index contributed by atoms with van der Waals surface area (Å²) in [6, 6.07) is 5.95. The van der Waals surface area contributed by atoms with Crippen LogP contribution in [-0.4, -0.2) is 18.0 Å². The lowest BCUT2D eigenvalue weighted by Crippen LogP contribution is -2.45. The molecule has 1 rings (SSSR count). The molecule has 0 aliphatic rings. The highest BCUT2D eigenvalue weighted by atomic mass is 79.9. The number of hydrogen-bond donors (Lipinski definition) is 2. The largest absolute Gasteiger partial charge is 0.376 e. The Balaban J connectivity index is 2.50. The molecule has 0 aromatic heterocycles. The highest BCUT2D eigenvalue weighted by Crippen LogP contribution is 2.19. The molecule has 4 heteroatoms. The van der Waals surface area contributed by atoms with Crippen LogP contribution in [0.15, 0.2) is 22.7 Å². The average Bonchev–Trinajstić information content (AvgIpc) is 2.30. The van der Waals surface area contributed by atoms with Gasteiger partial charge in [0.05, 0.1) is 6.54 Å². The van der Waals surface area contributed by atoms with Crippen molar-refractivity contribution < 1.29 is 4.79 Å². The molecule has 0 radical (unpaired) electrons. The molecule has 1 aromatic carbocycles. The summed E-state index contributed by atoms with van der Waals surface area (Å²) < 4.78 is 1.07. The van der Waals surface area contributed by atoms with E-state index < -0.39 is 0 Å². The van der Waals surface area contributed by atoms with Crippen LogP contribution in [0, 0.1) is 6.92 Å². The normalized spacial score (nSPS) is 11.2. The molecule has 0 saturated heterocycles. The van der Waals surface area contributed by atoms with E-state index in [0.717, 1.165) is 22.1 Å². The summed E-state index contributed by atoms with van der Waals surface area (Å²) in [5.41, 5.74) is 1.96. The molecule has 3 nitrogen and oxygen atoms in total. The Hall–Kier alpha value is -1.03. The molecule has 18 heavy (non-hydrogen) atoms. The Labute approximate surface area is 117 Å². The number of nitrogens with one attached hydrogen (secondary N) is 2. The zero-order valence-corrected chi connectivity index (χ0v) is 13.0. The van der Waals surface area contributed by atoms with Crippen molar-refractivity contribution in [3.8, 4) is 0 Å². The van der Waals surface area contributed by atoms with Crippen molar-refractivity contribution in [2.75, 3.05) is 11.9 Å². The Morgan fingerprint density at radius 1 is 1.39 bits per heavy atom. The van der Waals surface area contributed by atoms with E-state index in [4.69, 9.17) is 0 Å². The van der Waals surface area contributed by atoms with Gasteiger partial charge in [-0.25, -0.2) is 0 Å². The molecule has 0 aliphatic heterocycles. The minimum absolute atomic E-state index is 0.0161. The molecular formula is C14H21BrN2O. The minimum atomic E-state index is -0.144. The summed E-state index contributed by atoms with van der Waals surface area (Å²) >= 11 is 3.45. The summed E-state index contributed by atoms with van der Waals surface area (Å²) in [6.07, 6.45) is 0.913. The number of anilines is 1. The molecule has 0 fully saturated rings. The predicted molar refractivity (Wildman–Crippen MR) is 79.9 cm³/mol. The molecular weight excluding hydrogens is 292 g/mol. The van der Waals surface area contributed by atoms with Gasteiger partial charge < -0.3 is 10.6 Å². The van der Waals surface area contributed by atoms with Gasteiger partial charge in [0.15, 0.2) is 0 Å². The van der Waals surface area contributed by atoms with E-state index in [1.807, 2.05) is 39.0 Å². The highest BCUT2D eigenvalue weighted by molar-refractivity contribution is 9.10. The van der Waals surface area contributed by atoms with Crippen LogP contribution in [0.5, 0.6) is 0 Å². The number of carbonyl (C=O) groups excluding carboxylic acids is 1. The zero-order chi connectivity index (χ0) is 13.8. The molecule has 100 valence electrons. The lowest BCUT2D eigenvalue weighted by molar-refractivity contribution is -0.121. The van der Waals surface area contributed by atoms with E-state index in [9.17, 15) is 4.79 Å². The third-order valence-corrected chi connectivity index (χ3v) is 3.86. The van der Waals surface area contributed by atoms with Crippen LogP contribution in [0.3, 0.4) is 0 Å². The van der Waals surface area contributed by atoms with Gasteiger partial charge in [0, 0.05) is 15.7 Å². The topological polar surface area (TPSA) is 41.1 Å². The maximum Gasteiger partial charge on any atom is 0.239 e. The number of amides is 1. The minimum Gasteiger partial charge on any atom is -0.376 e. The molecule has 1 amide bonds. The molecule has 0 aliphatic carbocycles. The van der Waals surface area contributed by atoms with Gasteiger partial charge in [0.2, 0.25) is 5.91 Å². The standard InChI is InChI=1S/C14H21BrN2O/c1-5-14(3,4)17-13(18)9-16-11-6-7-12(15)10(2)8-11/h6-8,16H,5,9H2,1-4H3,(H,17,18). The van der Waals surface area contributed by atoms with E-state index in [1.54, 1.807) is 0 Å². The smallest absolute Gasteiger partial charge is 0.239 e. The third-order valence-electron chi connectivity index (χ3n) is 2.97. The Morgan fingerprint density at radius 3 is 2.61 bits per heavy atom. The maximum absolute atomic E-state index is 11.8. The number of benzene rings is 1. The first-order valence-corrected chi connectivity index (χ1v) is 6.94. The molecule has 0 saturated carbocycles. The first kappa shape index (κ1) is 15.0. The van der Waals surface area contributed by atoms with Crippen molar-refractivity contribution >= 4 is 27.5 Å². The lowest BCUT2D eigenvalue weighted by Gasteiger charge is -2.24. The fourth-order valence-electron chi connectivity index (χ4n) is 1.45. The van der Waals surface area contributed by atoms with Crippen LogP contribution in [0.25, 0.3) is 0 Å². The quantitative estimate of drug-likeness (QED) is 0.874. The van der Waals surface area contributed by atoms with Crippen molar-refractivity contribution in [1.29, 1.82) is 0 Å². The number of hydrogen-bond acceptors (Lipinski definition) is 2. The molecule has 0 atom stereocenters. The first-order valence-electron chi connectivity index (χ1n) is 6.15. The third kappa shape index (κ3) is 4.69. The van der Waals surface area contributed by atoms with Crippen LogP contribution in [0.1, 0.15) is 32.8 Å². The van der Waals surface area contributed by atoms with Crippen LogP contribution >= 0.6 is 15.9 Å². The van der Waals surface area contributed by atoms with E-state index in [0.29, 0.717) is 6.54 Å². The molecule has 0 spiro atoms. The maximum atomic E-state index is 11.8. The Morgan fingerprint density at radius 2 is 2.06 bits per heavy atom. The number of rotatable bonds is 5. The van der Waals surface area contributed by atoms with E-state index in [2.05, 4.69) is 33.5 Å². The zero-order valence-electron chi connectivity index (χ0n) is 11.4. The lowest BCUT2D eigenvalue weighted by atomic mass is 10.0. The summed E-state index contributed by atoms with van der Waals surface area (Å²) in [5, 5.41) is 6.12. The highest BCUT2D eigenvalue weighted by Gasteiger charge is 2.17. The summed E-state index contributed by atoms with van der Waals surface area (Å²) in [4.78, 5) is 11.8. The van der Waals surface area contributed by atoms with Gasteiger partial charge >= 0.3 is 0 Å². The second-order valence-electron chi connectivity index (χ2n) is 5.10. The molecule has 0 bridgehead atoms. The molecule has 2 N–H and O–H groups in total. The van der Waals surface area contributed by atoms with Gasteiger partial charge in [-0.05, 0) is 51.0 Å². The van der Waals surface area contributed by atoms with Gasteiger partial charge in [-0.1, -0.05) is 22.9 Å². The van der Waals surface area contributed by atoms with Crippen molar-refractivity contribution in [2.24, 2.45) is 0 Å².